The molecule has 17 heavy (non-hydrogen) atoms. The quantitative estimate of drug-likeness (QED) is 0.788. The van der Waals surface area contributed by atoms with Crippen molar-refractivity contribution in [1.82, 2.24) is 5.32 Å². The first-order chi connectivity index (χ1) is 8.33. The second kappa shape index (κ2) is 5.92. The Bertz CT molecular complexity index is 361. The van der Waals surface area contributed by atoms with Crippen molar-refractivity contribution >= 4 is 0 Å². The van der Waals surface area contributed by atoms with Gasteiger partial charge in [0.25, 0.3) is 0 Å². The van der Waals surface area contributed by atoms with Crippen LogP contribution in [0.2, 0.25) is 0 Å². The van der Waals surface area contributed by atoms with Crippen LogP contribution < -0.4 is 14.8 Å². The van der Waals surface area contributed by atoms with Gasteiger partial charge < -0.3 is 14.8 Å². The molecule has 0 radical (unpaired) electrons. The zero-order chi connectivity index (χ0) is 12.1. The molecule has 1 aromatic carbocycles. The zero-order valence-corrected chi connectivity index (χ0v) is 10.7. The Hall–Kier alpha value is -1.22. The molecule has 1 aliphatic carbocycles. The van der Waals surface area contributed by atoms with Gasteiger partial charge in [-0.3, -0.25) is 0 Å². The molecular formula is C14H21NO2. The summed E-state index contributed by atoms with van der Waals surface area (Å²) in [5.74, 6) is 2.55. The molecule has 3 heteroatoms. The van der Waals surface area contributed by atoms with Crippen LogP contribution in [0, 0.1) is 5.92 Å². The van der Waals surface area contributed by atoms with Gasteiger partial charge in [0, 0.05) is 6.54 Å². The van der Waals surface area contributed by atoms with Crippen LogP contribution in [-0.4, -0.2) is 20.3 Å². The first-order valence-electron chi connectivity index (χ1n) is 6.34. The standard InChI is InChI=1S/C14H21NO2/c1-3-17-13-7-6-12(8-14(13)16-2)10-15-9-11-4-5-11/h6-8,11,15H,3-5,9-10H2,1-2H3. The Morgan fingerprint density at radius 2 is 2.12 bits per heavy atom. The molecular weight excluding hydrogens is 214 g/mol. The van der Waals surface area contributed by atoms with Crippen molar-refractivity contribution in [2.24, 2.45) is 5.92 Å². The molecule has 3 nitrogen and oxygen atoms in total. The first kappa shape index (κ1) is 12.2. The van der Waals surface area contributed by atoms with Crippen molar-refractivity contribution < 1.29 is 9.47 Å². The maximum Gasteiger partial charge on any atom is 0.161 e. The minimum absolute atomic E-state index is 0.662. The summed E-state index contributed by atoms with van der Waals surface area (Å²) >= 11 is 0. The molecule has 1 aliphatic rings. The predicted octanol–water partition coefficient (Wildman–Crippen LogP) is 2.59. The van der Waals surface area contributed by atoms with Crippen molar-refractivity contribution in [2.75, 3.05) is 20.3 Å². The highest BCUT2D eigenvalue weighted by Gasteiger charge is 2.20. The highest BCUT2D eigenvalue weighted by molar-refractivity contribution is 5.42. The molecule has 0 bridgehead atoms. The van der Waals surface area contributed by atoms with Gasteiger partial charge in [-0.15, -0.1) is 0 Å². The molecule has 0 aliphatic heterocycles. The van der Waals surface area contributed by atoms with E-state index in [2.05, 4.69) is 11.4 Å². The molecule has 1 aromatic rings. The van der Waals surface area contributed by atoms with Gasteiger partial charge in [0.1, 0.15) is 0 Å². The van der Waals surface area contributed by atoms with Gasteiger partial charge in [-0.2, -0.15) is 0 Å². The Morgan fingerprint density at radius 1 is 1.29 bits per heavy atom. The lowest BCUT2D eigenvalue weighted by Crippen LogP contribution is -2.16. The summed E-state index contributed by atoms with van der Waals surface area (Å²) in [6.07, 6.45) is 2.78. The monoisotopic (exact) mass is 235 g/mol. The minimum atomic E-state index is 0.662. The third-order valence-electron chi connectivity index (χ3n) is 2.99. The first-order valence-corrected chi connectivity index (χ1v) is 6.34. The van der Waals surface area contributed by atoms with Gasteiger partial charge in [-0.05, 0) is 49.9 Å². The molecule has 0 amide bonds. The summed E-state index contributed by atoms with van der Waals surface area (Å²) in [5.41, 5.74) is 1.24. The maximum absolute atomic E-state index is 5.49. The van der Waals surface area contributed by atoms with Crippen molar-refractivity contribution in [3.8, 4) is 11.5 Å². The minimum Gasteiger partial charge on any atom is -0.493 e. The molecule has 1 N–H and O–H groups in total. The summed E-state index contributed by atoms with van der Waals surface area (Å²) < 4.78 is 10.8. The normalized spacial score (nSPS) is 14.7. The number of hydrogen-bond acceptors (Lipinski definition) is 3. The lowest BCUT2D eigenvalue weighted by molar-refractivity contribution is 0.310. The van der Waals surface area contributed by atoms with Gasteiger partial charge >= 0.3 is 0 Å². The van der Waals surface area contributed by atoms with Gasteiger partial charge in [-0.25, -0.2) is 0 Å². The molecule has 1 saturated carbocycles. The Balaban J connectivity index is 1.92. The van der Waals surface area contributed by atoms with E-state index in [1.165, 1.54) is 18.4 Å². The molecule has 0 atom stereocenters. The number of rotatable bonds is 7. The Labute approximate surface area is 103 Å². The summed E-state index contributed by atoms with van der Waals surface area (Å²) in [4.78, 5) is 0. The second-order valence-electron chi connectivity index (χ2n) is 4.49. The van der Waals surface area contributed by atoms with E-state index in [9.17, 15) is 0 Å². The topological polar surface area (TPSA) is 30.5 Å². The van der Waals surface area contributed by atoms with Gasteiger partial charge in [0.15, 0.2) is 11.5 Å². The highest BCUT2D eigenvalue weighted by Crippen LogP contribution is 2.29. The van der Waals surface area contributed by atoms with Crippen LogP contribution in [0.5, 0.6) is 11.5 Å². The summed E-state index contributed by atoms with van der Waals surface area (Å²) in [7, 11) is 1.68. The lowest BCUT2D eigenvalue weighted by atomic mass is 10.2. The van der Waals surface area contributed by atoms with Crippen LogP contribution in [0.15, 0.2) is 18.2 Å². The third-order valence-corrected chi connectivity index (χ3v) is 2.99. The maximum atomic E-state index is 5.49. The van der Waals surface area contributed by atoms with E-state index < -0.39 is 0 Å². The molecule has 0 saturated heterocycles. The summed E-state index contributed by atoms with van der Waals surface area (Å²) in [5, 5.41) is 3.47. The number of ether oxygens (including phenoxy) is 2. The molecule has 0 aromatic heterocycles. The number of benzene rings is 1. The number of nitrogens with one attached hydrogen (secondary N) is 1. The number of hydrogen-bond donors (Lipinski definition) is 1. The summed E-state index contributed by atoms with van der Waals surface area (Å²) in [6, 6.07) is 6.12. The molecule has 2 rings (SSSR count). The van der Waals surface area contributed by atoms with Crippen LogP contribution in [0.1, 0.15) is 25.3 Å². The molecule has 1 fully saturated rings. The van der Waals surface area contributed by atoms with Gasteiger partial charge in [0.2, 0.25) is 0 Å². The van der Waals surface area contributed by atoms with E-state index in [0.717, 1.165) is 30.5 Å². The van der Waals surface area contributed by atoms with E-state index >= 15 is 0 Å². The largest absolute Gasteiger partial charge is 0.493 e. The van der Waals surface area contributed by atoms with Crippen LogP contribution in [0.4, 0.5) is 0 Å². The van der Waals surface area contributed by atoms with E-state index in [1.54, 1.807) is 7.11 Å². The van der Waals surface area contributed by atoms with Crippen molar-refractivity contribution in [1.29, 1.82) is 0 Å². The van der Waals surface area contributed by atoms with Crippen LogP contribution in [0.25, 0.3) is 0 Å². The highest BCUT2D eigenvalue weighted by atomic mass is 16.5. The smallest absolute Gasteiger partial charge is 0.161 e. The molecule has 94 valence electrons. The molecule has 0 heterocycles. The lowest BCUT2D eigenvalue weighted by Gasteiger charge is -2.11. The van der Waals surface area contributed by atoms with Crippen molar-refractivity contribution in [3.63, 3.8) is 0 Å². The van der Waals surface area contributed by atoms with Crippen molar-refractivity contribution in [2.45, 2.75) is 26.3 Å². The fourth-order valence-corrected chi connectivity index (χ4v) is 1.84. The van der Waals surface area contributed by atoms with E-state index in [4.69, 9.17) is 9.47 Å². The molecule has 0 unspecified atom stereocenters. The van der Waals surface area contributed by atoms with Gasteiger partial charge in [-0.1, -0.05) is 6.07 Å². The average Bonchev–Trinajstić information content (AvgIpc) is 3.15. The van der Waals surface area contributed by atoms with E-state index in [1.807, 2.05) is 19.1 Å². The Kier molecular flexibility index (Phi) is 4.26. The Morgan fingerprint density at radius 3 is 2.76 bits per heavy atom. The SMILES string of the molecule is CCOc1ccc(CNCC2CC2)cc1OC. The van der Waals surface area contributed by atoms with Crippen molar-refractivity contribution in [3.05, 3.63) is 23.8 Å². The second-order valence-corrected chi connectivity index (χ2v) is 4.49. The fourth-order valence-electron chi connectivity index (χ4n) is 1.84. The number of methoxy groups -OCH3 is 1. The van der Waals surface area contributed by atoms with Crippen LogP contribution in [0.3, 0.4) is 0 Å². The summed E-state index contributed by atoms with van der Waals surface area (Å²) in [6.45, 7) is 4.68. The van der Waals surface area contributed by atoms with E-state index in [0.29, 0.717) is 6.61 Å². The fraction of sp³-hybridized carbons (Fsp3) is 0.571. The van der Waals surface area contributed by atoms with Crippen LogP contribution >= 0.6 is 0 Å². The van der Waals surface area contributed by atoms with Crippen LogP contribution in [-0.2, 0) is 6.54 Å². The predicted molar refractivity (Wildman–Crippen MR) is 68.6 cm³/mol. The average molecular weight is 235 g/mol. The zero-order valence-electron chi connectivity index (χ0n) is 10.7. The third kappa shape index (κ3) is 3.63. The molecule has 0 spiro atoms. The van der Waals surface area contributed by atoms with E-state index in [-0.39, 0.29) is 0 Å². The van der Waals surface area contributed by atoms with Gasteiger partial charge in [0.05, 0.1) is 13.7 Å².